The van der Waals surface area contributed by atoms with Gasteiger partial charge in [0.25, 0.3) is 0 Å². The van der Waals surface area contributed by atoms with Crippen LogP contribution in [0.3, 0.4) is 0 Å². The molecule has 0 aromatic heterocycles. The lowest BCUT2D eigenvalue weighted by molar-refractivity contribution is -0.161. The van der Waals surface area contributed by atoms with Gasteiger partial charge in [-0.3, -0.25) is 37.3 Å². The van der Waals surface area contributed by atoms with Crippen LogP contribution in [-0.4, -0.2) is 96.7 Å². The average Bonchev–Trinajstić information content (AvgIpc) is 3.71. The van der Waals surface area contributed by atoms with E-state index >= 15 is 0 Å². The Morgan fingerprint density at radius 3 is 0.764 bits per heavy atom. The Bertz CT molecular complexity index is 1720. The summed E-state index contributed by atoms with van der Waals surface area (Å²) in [5, 5.41) is 10.6. The fourth-order valence-corrected chi connectivity index (χ4v) is 12.2. The molecule has 0 heterocycles. The molecule has 0 aromatic rings. The first-order valence-corrected chi connectivity index (χ1v) is 39.6. The molecule has 0 spiro atoms. The Hall–Kier alpha value is -1.94. The Morgan fingerprint density at radius 2 is 0.517 bits per heavy atom. The zero-order valence-electron chi connectivity index (χ0n) is 57.6. The van der Waals surface area contributed by atoms with Crippen LogP contribution in [0, 0.1) is 5.92 Å². The van der Waals surface area contributed by atoms with Gasteiger partial charge in [0, 0.05) is 25.7 Å². The van der Waals surface area contributed by atoms with Crippen LogP contribution in [0.25, 0.3) is 0 Å². The number of unbranched alkanes of at least 4 members (excludes halogenated alkanes) is 42. The van der Waals surface area contributed by atoms with E-state index in [-0.39, 0.29) is 25.7 Å². The third-order valence-electron chi connectivity index (χ3n) is 16.3. The number of hydrogen-bond acceptors (Lipinski definition) is 15. The van der Waals surface area contributed by atoms with Crippen molar-refractivity contribution < 1.29 is 80.2 Å². The van der Waals surface area contributed by atoms with Crippen LogP contribution < -0.4 is 0 Å². The average molecular weight is 1310 g/mol. The maximum Gasteiger partial charge on any atom is 0.472 e. The zero-order valence-corrected chi connectivity index (χ0v) is 59.4. The minimum atomic E-state index is -4.95. The first kappa shape index (κ1) is 87.1. The maximum atomic E-state index is 13.0. The lowest BCUT2D eigenvalue weighted by Crippen LogP contribution is -2.30. The monoisotopic (exact) mass is 1310 g/mol. The number of rotatable bonds is 70. The van der Waals surface area contributed by atoms with Crippen molar-refractivity contribution in [3.63, 3.8) is 0 Å². The lowest BCUT2D eigenvalue weighted by atomic mass is 10.0. The second kappa shape index (κ2) is 63.5. The summed E-state index contributed by atoms with van der Waals surface area (Å²) in [5.74, 6) is -1.42. The van der Waals surface area contributed by atoms with Gasteiger partial charge >= 0.3 is 39.5 Å². The van der Waals surface area contributed by atoms with Gasteiger partial charge in [0.05, 0.1) is 26.4 Å². The molecule has 0 amide bonds. The minimum absolute atomic E-state index is 0.107. The first-order chi connectivity index (χ1) is 43.0. The molecular weight excluding hydrogens is 1170 g/mol. The summed E-state index contributed by atoms with van der Waals surface area (Å²) in [6.07, 6.45) is 49.8. The minimum Gasteiger partial charge on any atom is -0.462 e. The van der Waals surface area contributed by atoms with Crippen LogP contribution in [0.15, 0.2) is 0 Å². The summed E-state index contributed by atoms with van der Waals surface area (Å²) in [4.78, 5) is 72.5. The number of carbonyl (C=O) groups is 4. The van der Waals surface area contributed by atoms with Gasteiger partial charge in [0.15, 0.2) is 12.2 Å². The molecule has 0 fully saturated rings. The summed E-state index contributed by atoms with van der Waals surface area (Å²) in [6.45, 7) is 7.20. The molecule has 0 aliphatic rings. The second-order valence-electron chi connectivity index (χ2n) is 25.7. The van der Waals surface area contributed by atoms with Crippen LogP contribution in [-0.2, 0) is 65.4 Å². The number of phosphoric acid groups is 2. The van der Waals surface area contributed by atoms with Crippen LogP contribution >= 0.6 is 15.6 Å². The highest BCUT2D eigenvalue weighted by molar-refractivity contribution is 7.47. The molecule has 17 nitrogen and oxygen atoms in total. The third-order valence-corrected chi connectivity index (χ3v) is 18.2. The van der Waals surface area contributed by atoms with Crippen molar-refractivity contribution >= 4 is 39.5 Å². The van der Waals surface area contributed by atoms with Gasteiger partial charge in [-0.15, -0.1) is 0 Å². The van der Waals surface area contributed by atoms with E-state index in [1.807, 2.05) is 0 Å². The maximum absolute atomic E-state index is 13.0. The van der Waals surface area contributed by atoms with E-state index in [9.17, 15) is 43.2 Å². The lowest BCUT2D eigenvalue weighted by Gasteiger charge is -2.21. The number of ether oxygens (including phenoxy) is 4. The number of aliphatic hydroxyl groups excluding tert-OH is 1. The smallest absolute Gasteiger partial charge is 0.462 e. The number of esters is 4. The fourth-order valence-electron chi connectivity index (χ4n) is 10.6. The number of aliphatic hydroxyl groups is 1. The Balaban J connectivity index is 5.24. The standard InChI is InChI=1S/C70H136O17P2/c1-6-9-12-15-18-21-24-27-28-29-32-35-40-46-51-56-70(75)86-65(59-80-67(72)53-48-43-38-33-30-25-22-19-16-13-10-7-2)61-84-88(76,77)82-57-64(71)58-83-89(78,79)85-62-66(60-81-68(73)54-49-44-41-36-37-42-47-52-63(4)5)87-69(74)55-50-45-39-34-31-26-23-20-17-14-11-8-3/h63-66,71H,6-62H2,1-5H3,(H,76,77)(H,78,79)/t64-,65-,66-/m1/s1. The number of hydrogen-bond donors (Lipinski definition) is 3. The second-order valence-corrected chi connectivity index (χ2v) is 28.7. The molecule has 89 heavy (non-hydrogen) atoms. The highest BCUT2D eigenvalue weighted by Gasteiger charge is 2.30. The quantitative estimate of drug-likeness (QED) is 0.0222. The van der Waals surface area contributed by atoms with E-state index in [2.05, 4.69) is 34.6 Å². The van der Waals surface area contributed by atoms with Crippen molar-refractivity contribution in [2.75, 3.05) is 39.6 Å². The van der Waals surface area contributed by atoms with Crippen molar-refractivity contribution in [2.24, 2.45) is 5.92 Å². The van der Waals surface area contributed by atoms with E-state index in [1.165, 1.54) is 180 Å². The van der Waals surface area contributed by atoms with Gasteiger partial charge in [0.2, 0.25) is 0 Å². The Labute approximate surface area is 543 Å². The molecule has 0 aliphatic carbocycles. The topological polar surface area (TPSA) is 237 Å². The molecule has 0 bridgehead atoms. The third kappa shape index (κ3) is 64.6. The number of carbonyl (C=O) groups excluding carboxylic acids is 4. The van der Waals surface area contributed by atoms with Crippen LogP contribution in [0.4, 0.5) is 0 Å². The van der Waals surface area contributed by atoms with Gasteiger partial charge in [-0.1, -0.05) is 311 Å². The van der Waals surface area contributed by atoms with Gasteiger partial charge in [0.1, 0.15) is 19.3 Å². The van der Waals surface area contributed by atoms with E-state index < -0.39 is 97.5 Å². The van der Waals surface area contributed by atoms with Crippen LogP contribution in [0.5, 0.6) is 0 Å². The van der Waals surface area contributed by atoms with Crippen molar-refractivity contribution in [3.8, 4) is 0 Å². The van der Waals surface area contributed by atoms with Crippen LogP contribution in [0.2, 0.25) is 0 Å². The van der Waals surface area contributed by atoms with Crippen molar-refractivity contribution in [1.82, 2.24) is 0 Å². The zero-order chi connectivity index (χ0) is 65.6. The SMILES string of the molecule is CCCCCCCCCCCCCCCCCC(=O)O[C@H](COC(=O)CCCCCCCCCCCCCC)COP(=O)(O)OC[C@@H](O)COP(=O)(O)OC[C@@H](COC(=O)CCCCCCCCCC(C)C)OC(=O)CCCCCCCCCCCCCC. The highest BCUT2D eigenvalue weighted by atomic mass is 31.2. The molecule has 528 valence electrons. The normalized spacial score (nSPS) is 14.1. The molecule has 0 aliphatic heterocycles. The summed E-state index contributed by atoms with van der Waals surface area (Å²) < 4.78 is 68.3. The Kier molecular flexibility index (Phi) is 62.1. The molecule has 0 saturated carbocycles. The summed E-state index contributed by atoms with van der Waals surface area (Å²) in [5.41, 5.74) is 0. The summed E-state index contributed by atoms with van der Waals surface area (Å²) >= 11 is 0. The molecule has 0 aromatic carbocycles. The van der Waals surface area contributed by atoms with E-state index in [1.54, 1.807) is 0 Å². The summed E-state index contributed by atoms with van der Waals surface area (Å²) in [7, 11) is -9.90. The fraction of sp³-hybridized carbons (Fsp3) is 0.943. The molecule has 0 rings (SSSR count). The van der Waals surface area contributed by atoms with Gasteiger partial charge < -0.3 is 33.8 Å². The first-order valence-electron chi connectivity index (χ1n) is 36.6. The van der Waals surface area contributed by atoms with Crippen molar-refractivity contribution in [2.45, 2.75) is 380 Å². The highest BCUT2D eigenvalue weighted by Crippen LogP contribution is 2.45. The molecule has 0 radical (unpaired) electrons. The van der Waals surface area contributed by atoms with Crippen LogP contribution in [0.1, 0.15) is 362 Å². The van der Waals surface area contributed by atoms with Gasteiger partial charge in [-0.05, 0) is 31.6 Å². The molecule has 5 atom stereocenters. The summed E-state index contributed by atoms with van der Waals surface area (Å²) in [6, 6.07) is 0. The molecular formula is C70H136O17P2. The van der Waals surface area contributed by atoms with Crippen molar-refractivity contribution in [1.29, 1.82) is 0 Å². The van der Waals surface area contributed by atoms with E-state index in [0.717, 1.165) is 96.3 Å². The van der Waals surface area contributed by atoms with E-state index in [0.29, 0.717) is 31.6 Å². The largest absolute Gasteiger partial charge is 0.472 e. The van der Waals surface area contributed by atoms with Crippen molar-refractivity contribution in [3.05, 3.63) is 0 Å². The van der Waals surface area contributed by atoms with E-state index in [4.69, 9.17) is 37.0 Å². The Morgan fingerprint density at radius 1 is 0.303 bits per heavy atom. The van der Waals surface area contributed by atoms with Gasteiger partial charge in [-0.2, -0.15) is 0 Å². The molecule has 2 unspecified atom stereocenters. The molecule has 3 N–H and O–H groups in total. The predicted octanol–water partition coefficient (Wildman–Crippen LogP) is 20.1. The van der Waals surface area contributed by atoms with Gasteiger partial charge in [-0.25, -0.2) is 9.13 Å². The molecule has 19 heteroatoms. The molecule has 0 saturated heterocycles. The predicted molar refractivity (Wildman–Crippen MR) is 358 cm³/mol. The number of phosphoric ester groups is 2.